The van der Waals surface area contributed by atoms with E-state index in [1.165, 1.54) is 167 Å². The van der Waals surface area contributed by atoms with Crippen molar-refractivity contribution < 1.29 is 9.59 Å². The van der Waals surface area contributed by atoms with Gasteiger partial charge in [0.15, 0.2) is 0 Å². The van der Waals surface area contributed by atoms with Crippen LogP contribution in [0.3, 0.4) is 0 Å². The Labute approximate surface area is 288 Å². The van der Waals surface area contributed by atoms with Crippen LogP contribution in [0.2, 0.25) is 0 Å². The molecular weight excluding hydrogens is 564 g/mol. The molecule has 0 aromatic rings. The van der Waals surface area contributed by atoms with E-state index in [9.17, 15) is 9.59 Å². The van der Waals surface area contributed by atoms with Gasteiger partial charge < -0.3 is 11.5 Å². The van der Waals surface area contributed by atoms with Crippen molar-refractivity contribution in [1.29, 1.82) is 0 Å². The van der Waals surface area contributed by atoms with Crippen LogP contribution in [-0.4, -0.2) is 11.8 Å². The summed E-state index contributed by atoms with van der Waals surface area (Å²) < 4.78 is 0. The number of nitrogens with two attached hydrogens (primary N) is 2. The van der Waals surface area contributed by atoms with Crippen LogP contribution in [0.1, 0.15) is 226 Å². The molecule has 1 unspecified atom stereocenters. The summed E-state index contributed by atoms with van der Waals surface area (Å²) in [7, 11) is 0. The van der Waals surface area contributed by atoms with Gasteiger partial charge in [-0.15, -0.1) is 0 Å². The van der Waals surface area contributed by atoms with E-state index in [4.69, 9.17) is 11.5 Å². The Balaban J connectivity index is 0. The fraction of sp³-hybridized carbons (Fsp3) is 0.857. The fourth-order valence-corrected chi connectivity index (χ4v) is 5.91. The topological polar surface area (TPSA) is 86.2 Å². The first-order chi connectivity index (χ1) is 22.5. The van der Waals surface area contributed by atoms with E-state index in [1.807, 2.05) is 0 Å². The number of amides is 2. The number of carbonyl (C=O) groups is 2. The number of allylic oxidation sites excluding steroid dienone is 4. The zero-order valence-corrected chi connectivity index (χ0v) is 31.5. The highest BCUT2D eigenvalue weighted by molar-refractivity contribution is 5.76. The number of carbonyl (C=O) groups excluding carboxylic acids is 2. The average molecular weight is 647 g/mol. The van der Waals surface area contributed by atoms with Gasteiger partial charge in [-0.05, 0) is 70.6 Å². The highest BCUT2D eigenvalue weighted by atomic mass is 16.1. The lowest BCUT2D eigenvalue weighted by Crippen LogP contribution is -2.22. The van der Waals surface area contributed by atoms with Gasteiger partial charge in [0.2, 0.25) is 11.8 Å². The zero-order valence-electron chi connectivity index (χ0n) is 31.5. The van der Waals surface area contributed by atoms with Gasteiger partial charge >= 0.3 is 0 Å². The molecule has 272 valence electrons. The summed E-state index contributed by atoms with van der Waals surface area (Å²) in [5.41, 5.74) is 10.5. The third-order valence-electron chi connectivity index (χ3n) is 9.14. The first kappa shape index (κ1) is 46.5. The molecule has 0 saturated heterocycles. The lowest BCUT2D eigenvalue weighted by molar-refractivity contribution is -0.122. The maximum Gasteiger partial charge on any atom is 0.220 e. The second-order valence-electron chi connectivity index (χ2n) is 13.7. The Hall–Kier alpha value is -1.58. The molecular formula is C42H82N2O2. The highest BCUT2D eigenvalue weighted by Crippen LogP contribution is 2.16. The van der Waals surface area contributed by atoms with Crippen LogP contribution >= 0.6 is 0 Å². The third-order valence-corrected chi connectivity index (χ3v) is 9.14. The smallest absolute Gasteiger partial charge is 0.220 e. The summed E-state index contributed by atoms with van der Waals surface area (Å²) in [5, 5.41) is 0. The van der Waals surface area contributed by atoms with Gasteiger partial charge in [-0.3, -0.25) is 9.59 Å². The van der Waals surface area contributed by atoms with E-state index in [-0.39, 0.29) is 17.7 Å². The Bertz CT molecular complexity index is 673. The minimum Gasteiger partial charge on any atom is -0.370 e. The minimum absolute atomic E-state index is 0.101. The number of hydrogen-bond acceptors (Lipinski definition) is 2. The molecule has 4 heteroatoms. The highest BCUT2D eigenvalue weighted by Gasteiger charge is 2.11. The van der Waals surface area contributed by atoms with Crippen molar-refractivity contribution in [3.05, 3.63) is 24.3 Å². The fourth-order valence-electron chi connectivity index (χ4n) is 5.91. The summed E-state index contributed by atoms with van der Waals surface area (Å²) in [6.45, 7) is 6.60. The van der Waals surface area contributed by atoms with Crippen LogP contribution in [0, 0.1) is 5.92 Å². The van der Waals surface area contributed by atoms with Gasteiger partial charge in [0.1, 0.15) is 0 Å². The SMILES string of the molecule is CCCCCCCC/C=C\CCCCCCCC(N)=O.CCCCCCCC/C=C\CCCCCCCCCCC(CC)C(N)=O. The van der Waals surface area contributed by atoms with Crippen molar-refractivity contribution in [2.24, 2.45) is 17.4 Å². The first-order valence-electron chi connectivity index (χ1n) is 20.4. The molecule has 0 aromatic carbocycles. The normalized spacial score (nSPS) is 12.1. The maximum absolute atomic E-state index is 11.2. The van der Waals surface area contributed by atoms with Gasteiger partial charge in [-0.25, -0.2) is 0 Å². The van der Waals surface area contributed by atoms with E-state index in [2.05, 4.69) is 45.1 Å². The second kappa shape index (κ2) is 41.4. The van der Waals surface area contributed by atoms with Crippen LogP contribution in [0.15, 0.2) is 24.3 Å². The average Bonchev–Trinajstić information content (AvgIpc) is 3.04. The van der Waals surface area contributed by atoms with Crippen molar-refractivity contribution in [2.75, 3.05) is 0 Å². The van der Waals surface area contributed by atoms with E-state index >= 15 is 0 Å². The Morgan fingerprint density at radius 3 is 1.04 bits per heavy atom. The molecule has 0 rings (SSSR count). The molecule has 0 bridgehead atoms. The quantitative estimate of drug-likeness (QED) is 0.0530. The molecule has 0 aromatic heterocycles. The van der Waals surface area contributed by atoms with Crippen LogP contribution in [-0.2, 0) is 9.59 Å². The molecule has 4 N–H and O–H groups in total. The number of rotatable bonds is 35. The molecule has 4 nitrogen and oxygen atoms in total. The van der Waals surface area contributed by atoms with Gasteiger partial charge in [-0.1, -0.05) is 173 Å². The van der Waals surface area contributed by atoms with Crippen LogP contribution in [0.5, 0.6) is 0 Å². The Kier molecular flexibility index (Phi) is 41.9. The lowest BCUT2D eigenvalue weighted by atomic mass is 9.97. The van der Waals surface area contributed by atoms with E-state index < -0.39 is 0 Å². The predicted octanol–water partition coefficient (Wildman–Crippen LogP) is 13.2. The van der Waals surface area contributed by atoms with Crippen molar-refractivity contribution >= 4 is 11.8 Å². The molecule has 2 amide bonds. The Morgan fingerprint density at radius 2 is 0.739 bits per heavy atom. The molecule has 0 spiro atoms. The standard InChI is InChI=1S/C24H47NO.C18H35NO/c1-3-5-6-7-8-9-10-11-12-13-14-15-16-17-18-19-20-21-22-23(4-2)24(25)26;1-2-3-4-5-6-7-8-9-10-11-12-13-14-15-16-17-18(19)20/h11-12,23H,3-10,13-22H2,1-2H3,(H2,25,26);9-10H,2-8,11-17H2,1H3,(H2,19,20)/b12-11-;10-9-. The zero-order chi connectivity index (χ0) is 34.2. The Morgan fingerprint density at radius 1 is 0.435 bits per heavy atom. The van der Waals surface area contributed by atoms with E-state index in [1.54, 1.807) is 0 Å². The van der Waals surface area contributed by atoms with Gasteiger partial charge in [0.05, 0.1) is 0 Å². The third kappa shape index (κ3) is 42.4. The molecule has 0 aliphatic carbocycles. The molecule has 0 heterocycles. The second-order valence-corrected chi connectivity index (χ2v) is 13.7. The summed E-state index contributed by atoms with van der Waals surface area (Å²) in [6.07, 6.45) is 50.1. The van der Waals surface area contributed by atoms with Crippen molar-refractivity contribution in [1.82, 2.24) is 0 Å². The van der Waals surface area contributed by atoms with Crippen LogP contribution in [0.4, 0.5) is 0 Å². The molecule has 0 aliphatic rings. The maximum atomic E-state index is 11.2. The summed E-state index contributed by atoms with van der Waals surface area (Å²) >= 11 is 0. The van der Waals surface area contributed by atoms with E-state index in [0.717, 1.165) is 32.1 Å². The molecule has 0 radical (unpaired) electrons. The molecule has 1 atom stereocenters. The van der Waals surface area contributed by atoms with Gasteiger partial charge in [0.25, 0.3) is 0 Å². The monoisotopic (exact) mass is 647 g/mol. The van der Waals surface area contributed by atoms with E-state index in [0.29, 0.717) is 6.42 Å². The molecule has 46 heavy (non-hydrogen) atoms. The number of primary amides is 2. The summed E-state index contributed by atoms with van der Waals surface area (Å²) in [5.74, 6) is -0.180. The van der Waals surface area contributed by atoms with Crippen molar-refractivity contribution in [3.63, 3.8) is 0 Å². The molecule has 0 aliphatic heterocycles. The number of unbranched alkanes of at least 4 members (excludes halogenated alkanes) is 25. The van der Waals surface area contributed by atoms with Gasteiger partial charge in [0, 0.05) is 12.3 Å². The summed E-state index contributed by atoms with van der Waals surface area (Å²) in [4.78, 5) is 21.7. The summed E-state index contributed by atoms with van der Waals surface area (Å²) in [6, 6.07) is 0. The lowest BCUT2D eigenvalue weighted by Gasteiger charge is -2.09. The minimum atomic E-state index is -0.164. The molecule has 0 fully saturated rings. The molecule has 0 saturated carbocycles. The first-order valence-corrected chi connectivity index (χ1v) is 20.4. The van der Waals surface area contributed by atoms with Crippen LogP contribution < -0.4 is 11.5 Å². The van der Waals surface area contributed by atoms with Crippen molar-refractivity contribution in [2.45, 2.75) is 226 Å². The number of hydrogen-bond donors (Lipinski definition) is 2. The van der Waals surface area contributed by atoms with Crippen LogP contribution in [0.25, 0.3) is 0 Å². The largest absolute Gasteiger partial charge is 0.370 e. The van der Waals surface area contributed by atoms with Crippen molar-refractivity contribution in [3.8, 4) is 0 Å². The van der Waals surface area contributed by atoms with Gasteiger partial charge in [-0.2, -0.15) is 0 Å². The predicted molar refractivity (Wildman–Crippen MR) is 205 cm³/mol.